The molecule has 1 unspecified atom stereocenters. The lowest BCUT2D eigenvalue weighted by atomic mass is 9.89. The van der Waals surface area contributed by atoms with E-state index in [-0.39, 0.29) is 0 Å². The number of hydrogen-bond donors (Lipinski definition) is 0. The molecular formula is C21H25N. The van der Waals surface area contributed by atoms with Gasteiger partial charge in [0.15, 0.2) is 0 Å². The highest BCUT2D eigenvalue weighted by molar-refractivity contribution is 5.34. The minimum atomic E-state index is 0.689. The van der Waals surface area contributed by atoms with Gasteiger partial charge in [0.05, 0.1) is 0 Å². The zero-order valence-electron chi connectivity index (χ0n) is 13.2. The SMILES string of the molecule is c1ccc(CC2CCN(C3CCc4ccccc43)CC2)cc1. The van der Waals surface area contributed by atoms with E-state index in [2.05, 4.69) is 59.5 Å². The van der Waals surface area contributed by atoms with Crippen LogP contribution in [0.2, 0.25) is 0 Å². The summed E-state index contributed by atoms with van der Waals surface area (Å²) in [6.45, 7) is 2.55. The fourth-order valence-electron chi connectivity index (χ4n) is 4.33. The Morgan fingerprint density at radius 1 is 0.818 bits per heavy atom. The topological polar surface area (TPSA) is 3.24 Å². The lowest BCUT2D eigenvalue weighted by Crippen LogP contribution is -2.36. The highest BCUT2D eigenvalue weighted by Crippen LogP contribution is 2.37. The fourth-order valence-corrected chi connectivity index (χ4v) is 4.33. The predicted molar refractivity (Wildman–Crippen MR) is 91.9 cm³/mol. The average molecular weight is 291 g/mol. The third kappa shape index (κ3) is 2.83. The summed E-state index contributed by atoms with van der Waals surface area (Å²) >= 11 is 0. The van der Waals surface area contributed by atoms with E-state index < -0.39 is 0 Å². The Balaban J connectivity index is 1.37. The van der Waals surface area contributed by atoms with Gasteiger partial charge in [0, 0.05) is 6.04 Å². The number of benzene rings is 2. The van der Waals surface area contributed by atoms with Gasteiger partial charge in [-0.15, -0.1) is 0 Å². The van der Waals surface area contributed by atoms with E-state index in [1.54, 1.807) is 11.1 Å². The number of hydrogen-bond acceptors (Lipinski definition) is 1. The van der Waals surface area contributed by atoms with Crippen molar-refractivity contribution in [2.75, 3.05) is 13.1 Å². The Morgan fingerprint density at radius 2 is 1.55 bits per heavy atom. The molecule has 2 aromatic rings. The lowest BCUT2D eigenvalue weighted by Gasteiger charge is -2.36. The molecule has 1 aliphatic heterocycles. The van der Waals surface area contributed by atoms with Crippen molar-refractivity contribution >= 4 is 0 Å². The Bertz CT molecular complexity index is 611. The lowest BCUT2D eigenvalue weighted by molar-refractivity contribution is 0.132. The Kier molecular flexibility index (Phi) is 3.99. The molecule has 4 rings (SSSR count). The van der Waals surface area contributed by atoms with Crippen LogP contribution in [0.5, 0.6) is 0 Å². The van der Waals surface area contributed by atoms with E-state index >= 15 is 0 Å². The average Bonchev–Trinajstić information content (AvgIpc) is 3.01. The molecule has 1 atom stereocenters. The van der Waals surface area contributed by atoms with Gasteiger partial charge in [-0.2, -0.15) is 0 Å². The highest BCUT2D eigenvalue weighted by Gasteiger charge is 2.30. The maximum absolute atomic E-state index is 2.74. The number of rotatable bonds is 3. The first-order valence-corrected chi connectivity index (χ1v) is 8.76. The van der Waals surface area contributed by atoms with Crippen molar-refractivity contribution in [3.63, 3.8) is 0 Å². The molecule has 0 aromatic heterocycles. The molecule has 1 heterocycles. The second-order valence-corrected chi connectivity index (χ2v) is 6.92. The molecule has 1 nitrogen and oxygen atoms in total. The normalized spacial score (nSPS) is 22.6. The van der Waals surface area contributed by atoms with Crippen molar-refractivity contribution < 1.29 is 0 Å². The summed E-state index contributed by atoms with van der Waals surface area (Å²) in [4.78, 5) is 2.74. The number of aryl methyl sites for hydroxylation is 1. The second kappa shape index (κ2) is 6.26. The number of nitrogens with zero attached hydrogens (tertiary/aromatic N) is 1. The van der Waals surface area contributed by atoms with E-state index in [9.17, 15) is 0 Å². The van der Waals surface area contributed by atoms with E-state index in [1.807, 2.05) is 0 Å². The monoisotopic (exact) mass is 291 g/mol. The Hall–Kier alpha value is -1.60. The maximum Gasteiger partial charge on any atom is 0.0354 e. The number of piperidine rings is 1. The third-order valence-corrected chi connectivity index (χ3v) is 5.56. The minimum Gasteiger partial charge on any atom is -0.296 e. The summed E-state index contributed by atoms with van der Waals surface area (Å²) in [6.07, 6.45) is 6.56. The van der Waals surface area contributed by atoms with Crippen LogP contribution in [-0.2, 0) is 12.8 Å². The van der Waals surface area contributed by atoms with Crippen LogP contribution in [-0.4, -0.2) is 18.0 Å². The van der Waals surface area contributed by atoms with Gasteiger partial charge in [-0.05, 0) is 67.8 Å². The van der Waals surface area contributed by atoms with Gasteiger partial charge in [-0.25, -0.2) is 0 Å². The molecule has 0 bridgehead atoms. The third-order valence-electron chi connectivity index (χ3n) is 5.56. The van der Waals surface area contributed by atoms with Crippen LogP contribution in [0, 0.1) is 5.92 Å². The Morgan fingerprint density at radius 3 is 2.36 bits per heavy atom. The first kappa shape index (κ1) is 14.0. The van der Waals surface area contributed by atoms with Crippen molar-refractivity contribution in [3.8, 4) is 0 Å². The fraction of sp³-hybridized carbons (Fsp3) is 0.429. The maximum atomic E-state index is 2.74. The van der Waals surface area contributed by atoms with Crippen LogP contribution in [0.25, 0.3) is 0 Å². The summed E-state index contributed by atoms with van der Waals surface area (Å²) in [5, 5.41) is 0. The summed E-state index contributed by atoms with van der Waals surface area (Å²) in [6, 6.07) is 20.8. The molecule has 0 amide bonds. The van der Waals surface area contributed by atoms with Gasteiger partial charge < -0.3 is 0 Å². The molecular weight excluding hydrogens is 266 g/mol. The quantitative estimate of drug-likeness (QED) is 0.797. The van der Waals surface area contributed by atoms with Crippen molar-refractivity contribution in [2.24, 2.45) is 5.92 Å². The molecule has 0 N–H and O–H groups in total. The molecule has 0 spiro atoms. The van der Waals surface area contributed by atoms with Crippen molar-refractivity contribution in [2.45, 2.75) is 38.1 Å². The number of likely N-dealkylation sites (tertiary alicyclic amines) is 1. The van der Waals surface area contributed by atoms with Crippen LogP contribution in [0.4, 0.5) is 0 Å². The summed E-state index contributed by atoms with van der Waals surface area (Å²) in [5.41, 5.74) is 4.69. The van der Waals surface area contributed by atoms with E-state index in [1.165, 1.54) is 50.8 Å². The Labute approximate surface area is 134 Å². The highest BCUT2D eigenvalue weighted by atomic mass is 15.2. The largest absolute Gasteiger partial charge is 0.296 e. The van der Waals surface area contributed by atoms with Crippen molar-refractivity contribution in [1.29, 1.82) is 0 Å². The summed E-state index contributed by atoms with van der Waals surface area (Å²) < 4.78 is 0. The van der Waals surface area contributed by atoms with Gasteiger partial charge in [0.2, 0.25) is 0 Å². The van der Waals surface area contributed by atoms with Crippen molar-refractivity contribution in [3.05, 3.63) is 71.3 Å². The molecule has 1 aliphatic carbocycles. The van der Waals surface area contributed by atoms with Gasteiger partial charge in [0.1, 0.15) is 0 Å². The number of fused-ring (bicyclic) bond motifs is 1. The van der Waals surface area contributed by atoms with Crippen LogP contribution < -0.4 is 0 Å². The second-order valence-electron chi connectivity index (χ2n) is 6.92. The first-order valence-electron chi connectivity index (χ1n) is 8.76. The van der Waals surface area contributed by atoms with Crippen molar-refractivity contribution in [1.82, 2.24) is 4.90 Å². The molecule has 22 heavy (non-hydrogen) atoms. The van der Waals surface area contributed by atoms with E-state index in [4.69, 9.17) is 0 Å². The van der Waals surface area contributed by atoms with Crippen LogP contribution in [0.3, 0.4) is 0 Å². The van der Waals surface area contributed by atoms with Gasteiger partial charge in [-0.3, -0.25) is 4.90 Å². The summed E-state index contributed by atoms with van der Waals surface area (Å²) in [5.74, 6) is 0.871. The summed E-state index contributed by atoms with van der Waals surface area (Å²) in [7, 11) is 0. The van der Waals surface area contributed by atoms with Crippen LogP contribution in [0.15, 0.2) is 54.6 Å². The molecule has 1 heteroatoms. The zero-order chi connectivity index (χ0) is 14.8. The predicted octanol–water partition coefficient (Wildman–Crippen LogP) is 4.63. The van der Waals surface area contributed by atoms with Gasteiger partial charge >= 0.3 is 0 Å². The standard InChI is InChI=1S/C21H25N/c1-2-6-17(7-3-1)16-18-12-14-22(15-13-18)21-11-10-19-8-4-5-9-20(19)21/h1-9,18,21H,10-16H2. The van der Waals surface area contributed by atoms with E-state index in [0.717, 1.165) is 5.92 Å². The molecule has 1 saturated heterocycles. The molecule has 2 aromatic carbocycles. The van der Waals surface area contributed by atoms with Gasteiger partial charge in [-0.1, -0.05) is 54.6 Å². The smallest absolute Gasteiger partial charge is 0.0354 e. The molecule has 1 fully saturated rings. The van der Waals surface area contributed by atoms with Crippen LogP contribution >= 0.6 is 0 Å². The first-order chi connectivity index (χ1) is 10.9. The van der Waals surface area contributed by atoms with E-state index in [0.29, 0.717) is 6.04 Å². The van der Waals surface area contributed by atoms with Crippen LogP contribution in [0.1, 0.15) is 42.0 Å². The zero-order valence-corrected chi connectivity index (χ0v) is 13.2. The molecule has 0 radical (unpaired) electrons. The molecule has 114 valence electrons. The van der Waals surface area contributed by atoms with Gasteiger partial charge in [0.25, 0.3) is 0 Å². The minimum absolute atomic E-state index is 0.689. The molecule has 2 aliphatic rings. The molecule has 0 saturated carbocycles.